The molecule has 2 radical (unpaired) electrons. The zero-order valence-corrected chi connectivity index (χ0v) is 13.9. The number of rotatable bonds is 7. The van der Waals surface area contributed by atoms with Gasteiger partial charge in [0, 0.05) is 18.7 Å². The highest BCUT2D eigenvalue weighted by Crippen LogP contribution is 2.32. The molecular formula is C18H19BF3NO2. The van der Waals surface area contributed by atoms with Crippen molar-refractivity contribution in [1.82, 2.24) is 5.32 Å². The first-order chi connectivity index (χ1) is 11.8. The van der Waals surface area contributed by atoms with Crippen LogP contribution in [0.1, 0.15) is 22.3 Å². The molecule has 0 unspecified atom stereocenters. The molecule has 3 nitrogen and oxygen atoms in total. The Bertz CT molecular complexity index is 720. The van der Waals surface area contributed by atoms with Gasteiger partial charge in [-0.25, -0.2) is 0 Å². The van der Waals surface area contributed by atoms with Gasteiger partial charge in [-0.2, -0.15) is 13.2 Å². The van der Waals surface area contributed by atoms with Crippen LogP contribution in [0.2, 0.25) is 0 Å². The summed E-state index contributed by atoms with van der Waals surface area (Å²) >= 11 is 0. The van der Waals surface area contributed by atoms with Crippen LogP contribution in [-0.4, -0.2) is 26.1 Å². The molecule has 7 heteroatoms. The van der Waals surface area contributed by atoms with Gasteiger partial charge in [0.15, 0.2) is 0 Å². The Labute approximate surface area is 146 Å². The number of nitrogens with one attached hydrogen (secondary N) is 1. The second-order valence-electron chi connectivity index (χ2n) is 5.70. The molecule has 2 aromatic rings. The highest BCUT2D eigenvalue weighted by Gasteiger charge is 2.32. The summed E-state index contributed by atoms with van der Waals surface area (Å²) in [5.41, 5.74) is 1.29. The molecule has 2 aromatic carbocycles. The molecule has 2 rings (SSSR count). The molecule has 0 aromatic heterocycles. The molecule has 0 aliphatic rings. The predicted octanol–water partition coefficient (Wildman–Crippen LogP) is 2.47. The number of halogens is 3. The monoisotopic (exact) mass is 349 g/mol. The van der Waals surface area contributed by atoms with E-state index >= 15 is 0 Å². The fourth-order valence-electron chi connectivity index (χ4n) is 2.41. The van der Waals surface area contributed by atoms with Crippen LogP contribution in [0.15, 0.2) is 36.4 Å². The van der Waals surface area contributed by atoms with Gasteiger partial charge in [-0.15, -0.1) is 0 Å². The molecule has 0 saturated carbocycles. The summed E-state index contributed by atoms with van der Waals surface area (Å²) in [6.45, 7) is 2.30. The van der Waals surface area contributed by atoms with Gasteiger partial charge in [0.25, 0.3) is 0 Å². The first-order valence-corrected chi connectivity index (χ1v) is 7.80. The Hall–Kier alpha value is -1.99. The molecule has 2 N–H and O–H groups in total. The van der Waals surface area contributed by atoms with Crippen LogP contribution in [0.5, 0.6) is 5.75 Å². The third kappa shape index (κ3) is 5.51. The maximum Gasteiger partial charge on any atom is 0.416 e. The van der Waals surface area contributed by atoms with Crippen LogP contribution >= 0.6 is 0 Å². The molecule has 0 atom stereocenters. The zero-order valence-electron chi connectivity index (χ0n) is 13.9. The largest absolute Gasteiger partial charge is 0.489 e. The van der Waals surface area contributed by atoms with Crippen molar-refractivity contribution in [1.29, 1.82) is 0 Å². The maximum atomic E-state index is 13.0. The summed E-state index contributed by atoms with van der Waals surface area (Å²) < 4.78 is 44.7. The zero-order chi connectivity index (χ0) is 18.4. The summed E-state index contributed by atoms with van der Waals surface area (Å²) in [4.78, 5) is 0. The van der Waals surface area contributed by atoms with E-state index in [9.17, 15) is 13.2 Å². The molecule has 0 heterocycles. The van der Waals surface area contributed by atoms with Crippen molar-refractivity contribution in [3.8, 4) is 5.75 Å². The first-order valence-electron chi connectivity index (χ1n) is 7.80. The van der Waals surface area contributed by atoms with Crippen LogP contribution in [0.3, 0.4) is 0 Å². The van der Waals surface area contributed by atoms with Crippen molar-refractivity contribution in [3.05, 3.63) is 58.7 Å². The average molecular weight is 349 g/mol. The van der Waals surface area contributed by atoms with Gasteiger partial charge in [-0.05, 0) is 30.2 Å². The lowest BCUT2D eigenvalue weighted by molar-refractivity contribution is -0.138. The number of aryl methyl sites for hydroxylation is 1. The lowest BCUT2D eigenvalue weighted by Gasteiger charge is -2.15. The van der Waals surface area contributed by atoms with Crippen molar-refractivity contribution in [2.45, 2.75) is 26.3 Å². The topological polar surface area (TPSA) is 41.5 Å². The number of ether oxygens (including phenoxy) is 1. The Morgan fingerprint density at radius 1 is 1.16 bits per heavy atom. The molecule has 0 spiro atoms. The van der Waals surface area contributed by atoms with Gasteiger partial charge >= 0.3 is 6.18 Å². The lowest BCUT2D eigenvalue weighted by Crippen LogP contribution is -2.19. The Morgan fingerprint density at radius 2 is 1.92 bits per heavy atom. The molecule has 25 heavy (non-hydrogen) atoms. The summed E-state index contributed by atoms with van der Waals surface area (Å²) in [5, 5.41) is 11.8. The molecule has 0 fully saturated rings. The summed E-state index contributed by atoms with van der Waals surface area (Å²) in [5.74, 6) is 0.536. The van der Waals surface area contributed by atoms with Crippen molar-refractivity contribution in [2.24, 2.45) is 0 Å². The molecule has 0 amide bonds. The second-order valence-corrected chi connectivity index (χ2v) is 5.70. The quantitative estimate of drug-likeness (QED) is 0.596. The first kappa shape index (κ1) is 19.3. The van der Waals surface area contributed by atoms with E-state index in [1.54, 1.807) is 24.3 Å². The van der Waals surface area contributed by atoms with Crippen molar-refractivity contribution >= 4 is 13.3 Å². The second kappa shape index (κ2) is 8.40. The number of hydrogen-bond donors (Lipinski definition) is 2. The Kier molecular flexibility index (Phi) is 6.50. The van der Waals surface area contributed by atoms with E-state index in [2.05, 4.69) is 5.32 Å². The summed E-state index contributed by atoms with van der Waals surface area (Å²) in [6, 6.07) is 9.25. The third-order valence-corrected chi connectivity index (χ3v) is 3.69. The highest BCUT2D eigenvalue weighted by atomic mass is 19.4. The van der Waals surface area contributed by atoms with Gasteiger partial charge < -0.3 is 15.2 Å². The summed E-state index contributed by atoms with van der Waals surface area (Å²) in [6.07, 6.45) is -4.39. The Morgan fingerprint density at radius 3 is 2.60 bits per heavy atom. The van der Waals surface area contributed by atoms with E-state index in [0.29, 0.717) is 29.9 Å². The standard InChI is InChI=1S/C18H19BF3NO2/c1-12-2-3-13(8-16(12)18(20,21)22)11-25-17-5-4-15(19)9-14(17)10-23-6-7-24/h2-5,8-9,23-24H,6-7,10-11H2,1H3. The van der Waals surface area contributed by atoms with E-state index in [4.69, 9.17) is 17.7 Å². The van der Waals surface area contributed by atoms with Crippen molar-refractivity contribution < 1.29 is 23.0 Å². The van der Waals surface area contributed by atoms with E-state index in [1.165, 1.54) is 13.0 Å². The van der Waals surface area contributed by atoms with Crippen LogP contribution < -0.4 is 15.5 Å². The van der Waals surface area contributed by atoms with Gasteiger partial charge in [-0.3, -0.25) is 0 Å². The van der Waals surface area contributed by atoms with Crippen molar-refractivity contribution in [3.63, 3.8) is 0 Å². The van der Waals surface area contributed by atoms with Gasteiger partial charge in [0.05, 0.1) is 12.2 Å². The predicted molar refractivity (Wildman–Crippen MR) is 91.1 cm³/mol. The van der Waals surface area contributed by atoms with Crippen LogP contribution in [0, 0.1) is 6.92 Å². The van der Waals surface area contributed by atoms with E-state index in [-0.39, 0.29) is 18.8 Å². The molecule has 132 valence electrons. The SMILES string of the molecule is [B]c1ccc(OCc2ccc(C)c(C(F)(F)F)c2)c(CNCCO)c1. The molecular weight excluding hydrogens is 330 g/mol. The normalized spacial score (nSPS) is 11.6. The average Bonchev–Trinajstić information content (AvgIpc) is 2.54. The fraction of sp³-hybridized carbons (Fsp3) is 0.333. The minimum Gasteiger partial charge on any atom is -0.489 e. The number of hydrogen-bond acceptors (Lipinski definition) is 3. The van der Waals surface area contributed by atoms with E-state index < -0.39 is 11.7 Å². The Balaban J connectivity index is 2.13. The fourth-order valence-corrected chi connectivity index (χ4v) is 2.41. The number of benzene rings is 2. The van der Waals surface area contributed by atoms with Crippen LogP contribution in [0.25, 0.3) is 0 Å². The third-order valence-electron chi connectivity index (χ3n) is 3.69. The van der Waals surface area contributed by atoms with Crippen LogP contribution in [0.4, 0.5) is 13.2 Å². The highest BCUT2D eigenvalue weighted by molar-refractivity contribution is 6.32. The number of aliphatic hydroxyl groups is 1. The van der Waals surface area contributed by atoms with E-state index in [1.807, 2.05) is 0 Å². The molecule has 0 aliphatic heterocycles. The molecule has 0 bridgehead atoms. The smallest absolute Gasteiger partial charge is 0.416 e. The van der Waals surface area contributed by atoms with Crippen molar-refractivity contribution in [2.75, 3.05) is 13.2 Å². The molecule has 0 saturated heterocycles. The van der Waals surface area contributed by atoms with Gasteiger partial charge in [-0.1, -0.05) is 29.7 Å². The van der Waals surface area contributed by atoms with E-state index in [0.717, 1.165) is 11.6 Å². The minimum atomic E-state index is -4.39. The van der Waals surface area contributed by atoms with Gasteiger partial charge in [0.2, 0.25) is 0 Å². The molecule has 0 aliphatic carbocycles. The number of alkyl halides is 3. The lowest BCUT2D eigenvalue weighted by atomic mass is 9.94. The minimum absolute atomic E-state index is 0.00208. The van der Waals surface area contributed by atoms with Gasteiger partial charge in [0.1, 0.15) is 20.2 Å². The van der Waals surface area contributed by atoms with Crippen LogP contribution in [-0.2, 0) is 19.3 Å². The maximum absolute atomic E-state index is 13.0. The number of aliphatic hydroxyl groups excluding tert-OH is 1. The summed E-state index contributed by atoms with van der Waals surface area (Å²) in [7, 11) is 5.77.